The van der Waals surface area contributed by atoms with E-state index in [2.05, 4.69) is 9.97 Å². The first kappa shape index (κ1) is 12.9. The van der Waals surface area contributed by atoms with E-state index in [0.29, 0.717) is 11.7 Å². The summed E-state index contributed by atoms with van der Waals surface area (Å²) in [4.78, 5) is 9.16. The Hall–Kier alpha value is -2.13. The highest BCUT2D eigenvalue weighted by Crippen LogP contribution is 2.24. The van der Waals surface area contributed by atoms with E-state index in [0.717, 1.165) is 27.9 Å². The van der Waals surface area contributed by atoms with Crippen molar-refractivity contribution >= 4 is 22.5 Å². The fourth-order valence-corrected chi connectivity index (χ4v) is 2.32. The van der Waals surface area contributed by atoms with Gasteiger partial charge in [0.25, 0.3) is 0 Å². The van der Waals surface area contributed by atoms with Crippen molar-refractivity contribution in [3.05, 3.63) is 54.2 Å². The number of rotatable bonds is 3. The smallest absolute Gasteiger partial charge is 0.160 e. The molecule has 2 aromatic carbocycles. The fourth-order valence-electron chi connectivity index (χ4n) is 2.11. The molecule has 0 aliphatic carbocycles. The van der Waals surface area contributed by atoms with Crippen molar-refractivity contribution in [3.63, 3.8) is 0 Å². The van der Waals surface area contributed by atoms with E-state index in [-0.39, 0.29) is 0 Å². The lowest BCUT2D eigenvalue weighted by Crippen LogP contribution is -1.96. The van der Waals surface area contributed by atoms with Crippen LogP contribution in [0.25, 0.3) is 22.3 Å². The van der Waals surface area contributed by atoms with Crippen molar-refractivity contribution in [1.82, 2.24) is 9.97 Å². The molecule has 0 unspecified atom stereocenters. The molecule has 0 radical (unpaired) electrons. The van der Waals surface area contributed by atoms with Crippen molar-refractivity contribution in [1.29, 1.82) is 0 Å². The second-order valence-electron chi connectivity index (χ2n) is 4.37. The molecule has 0 amide bonds. The third kappa shape index (κ3) is 2.32. The lowest BCUT2D eigenvalue weighted by molar-refractivity contribution is 0.415. The van der Waals surface area contributed by atoms with E-state index in [4.69, 9.17) is 16.3 Å². The van der Waals surface area contributed by atoms with Gasteiger partial charge in [0.05, 0.1) is 24.2 Å². The van der Waals surface area contributed by atoms with E-state index in [9.17, 15) is 0 Å². The first-order valence-corrected chi connectivity index (χ1v) is 6.81. The van der Waals surface area contributed by atoms with E-state index in [1.165, 1.54) is 0 Å². The quantitative estimate of drug-likeness (QED) is 0.681. The Labute approximate surface area is 122 Å². The molecule has 0 atom stereocenters. The van der Waals surface area contributed by atoms with E-state index in [1.807, 2.05) is 48.5 Å². The summed E-state index contributed by atoms with van der Waals surface area (Å²) in [5.41, 5.74) is 2.70. The van der Waals surface area contributed by atoms with Crippen LogP contribution in [0.5, 0.6) is 5.75 Å². The molecule has 0 fully saturated rings. The van der Waals surface area contributed by atoms with Crippen LogP contribution in [-0.4, -0.2) is 17.1 Å². The highest BCUT2D eigenvalue weighted by molar-refractivity contribution is 6.17. The average Bonchev–Trinajstić information content (AvgIpc) is 2.54. The number of hydrogen-bond donors (Lipinski definition) is 0. The Morgan fingerprint density at radius 3 is 2.45 bits per heavy atom. The van der Waals surface area contributed by atoms with Crippen LogP contribution in [0.3, 0.4) is 0 Å². The molecule has 0 aliphatic heterocycles. The summed E-state index contributed by atoms with van der Waals surface area (Å²) in [6.45, 7) is 0. The summed E-state index contributed by atoms with van der Waals surface area (Å²) in [5, 5.41) is 1.000. The molecule has 0 saturated carbocycles. The lowest BCUT2D eigenvalue weighted by Gasteiger charge is -2.07. The maximum absolute atomic E-state index is 6.00. The molecule has 0 N–H and O–H groups in total. The molecule has 0 bridgehead atoms. The molecule has 20 heavy (non-hydrogen) atoms. The van der Waals surface area contributed by atoms with Gasteiger partial charge in [0.1, 0.15) is 5.75 Å². The number of fused-ring (bicyclic) bond motifs is 1. The van der Waals surface area contributed by atoms with Crippen LogP contribution in [0, 0.1) is 0 Å². The first-order chi connectivity index (χ1) is 9.81. The van der Waals surface area contributed by atoms with Crippen LogP contribution in [0.1, 0.15) is 5.69 Å². The zero-order chi connectivity index (χ0) is 13.9. The number of alkyl halides is 1. The number of methoxy groups -OCH3 is 1. The highest BCUT2D eigenvalue weighted by atomic mass is 35.5. The molecule has 3 rings (SSSR count). The highest BCUT2D eigenvalue weighted by Gasteiger charge is 2.08. The zero-order valence-electron chi connectivity index (χ0n) is 11.0. The largest absolute Gasteiger partial charge is 0.497 e. The number of hydrogen-bond acceptors (Lipinski definition) is 3. The monoisotopic (exact) mass is 284 g/mol. The Kier molecular flexibility index (Phi) is 3.52. The van der Waals surface area contributed by atoms with Gasteiger partial charge in [-0.1, -0.05) is 18.2 Å². The van der Waals surface area contributed by atoms with Gasteiger partial charge in [-0.25, -0.2) is 9.97 Å². The molecule has 0 saturated heterocycles. The Balaban J connectivity index is 2.15. The maximum Gasteiger partial charge on any atom is 0.160 e. The molecule has 3 aromatic rings. The Bertz CT molecular complexity index is 741. The van der Waals surface area contributed by atoms with Crippen molar-refractivity contribution in [3.8, 4) is 17.1 Å². The fraction of sp³-hybridized carbons (Fsp3) is 0.125. The summed E-state index contributed by atoms with van der Waals surface area (Å²) >= 11 is 6.00. The third-order valence-corrected chi connectivity index (χ3v) is 3.41. The van der Waals surface area contributed by atoms with Crippen molar-refractivity contribution in [2.75, 3.05) is 7.11 Å². The van der Waals surface area contributed by atoms with Gasteiger partial charge in [-0.05, 0) is 30.3 Å². The van der Waals surface area contributed by atoms with Crippen molar-refractivity contribution < 1.29 is 4.74 Å². The molecule has 4 heteroatoms. The minimum atomic E-state index is 0.367. The van der Waals surface area contributed by atoms with E-state index >= 15 is 0 Å². The average molecular weight is 285 g/mol. The number of para-hydroxylation sites is 1. The molecule has 100 valence electrons. The summed E-state index contributed by atoms with van der Waals surface area (Å²) in [6, 6.07) is 15.6. The predicted molar refractivity (Wildman–Crippen MR) is 81.1 cm³/mol. The van der Waals surface area contributed by atoms with E-state index < -0.39 is 0 Å². The summed E-state index contributed by atoms with van der Waals surface area (Å²) in [6.07, 6.45) is 0. The maximum atomic E-state index is 6.00. The minimum absolute atomic E-state index is 0.367. The molecule has 0 spiro atoms. The molecule has 1 aromatic heterocycles. The summed E-state index contributed by atoms with van der Waals surface area (Å²) in [5.74, 6) is 1.86. The summed E-state index contributed by atoms with van der Waals surface area (Å²) < 4.78 is 5.16. The van der Waals surface area contributed by atoms with Gasteiger partial charge in [-0.2, -0.15) is 0 Å². The number of benzene rings is 2. The first-order valence-electron chi connectivity index (χ1n) is 6.28. The van der Waals surface area contributed by atoms with Crippen LogP contribution < -0.4 is 4.74 Å². The minimum Gasteiger partial charge on any atom is -0.497 e. The van der Waals surface area contributed by atoms with Gasteiger partial charge < -0.3 is 4.74 Å². The summed E-state index contributed by atoms with van der Waals surface area (Å²) in [7, 11) is 1.65. The standard InChI is InChI=1S/C16H13ClN2O/c1-20-12-8-6-11(7-9-12)16-18-14-5-3-2-4-13(14)15(10-17)19-16/h2-9H,10H2,1H3. The molecular formula is C16H13ClN2O. The topological polar surface area (TPSA) is 35.0 Å². The second-order valence-corrected chi connectivity index (χ2v) is 4.64. The molecular weight excluding hydrogens is 272 g/mol. The van der Waals surface area contributed by atoms with Gasteiger partial charge in [0.2, 0.25) is 0 Å². The molecule has 0 aliphatic rings. The van der Waals surface area contributed by atoms with Gasteiger partial charge in [0.15, 0.2) is 5.82 Å². The SMILES string of the molecule is COc1ccc(-c2nc(CCl)c3ccccc3n2)cc1. The number of nitrogens with zero attached hydrogens (tertiary/aromatic N) is 2. The van der Waals surface area contributed by atoms with Crippen molar-refractivity contribution in [2.45, 2.75) is 5.88 Å². The lowest BCUT2D eigenvalue weighted by atomic mass is 10.1. The van der Waals surface area contributed by atoms with Crippen LogP contribution in [-0.2, 0) is 5.88 Å². The van der Waals surface area contributed by atoms with Gasteiger partial charge in [-0.3, -0.25) is 0 Å². The molecule has 1 heterocycles. The molecule has 3 nitrogen and oxygen atoms in total. The van der Waals surface area contributed by atoms with Gasteiger partial charge in [-0.15, -0.1) is 11.6 Å². The Morgan fingerprint density at radius 1 is 1.00 bits per heavy atom. The van der Waals surface area contributed by atoms with Gasteiger partial charge in [0, 0.05) is 10.9 Å². The zero-order valence-corrected chi connectivity index (χ0v) is 11.8. The van der Waals surface area contributed by atoms with Crippen LogP contribution >= 0.6 is 11.6 Å². The number of ether oxygens (including phenoxy) is 1. The third-order valence-electron chi connectivity index (χ3n) is 3.16. The van der Waals surface area contributed by atoms with Crippen LogP contribution in [0.15, 0.2) is 48.5 Å². The van der Waals surface area contributed by atoms with E-state index in [1.54, 1.807) is 7.11 Å². The van der Waals surface area contributed by atoms with Crippen molar-refractivity contribution in [2.24, 2.45) is 0 Å². The number of halogens is 1. The Morgan fingerprint density at radius 2 is 1.75 bits per heavy atom. The number of aromatic nitrogens is 2. The second kappa shape index (κ2) is 5.47. The van der Waals surface area contributed by atoms with Crippen LogP contribution in [0.2, 0.25) is 0 Å². The van der Waals surface area contributed by atoms with Gasteiger partial charge >= 0.3 is 0 Å². The van der Waals surface area contributed by atoms with Crippen LogP contribution in [0.4, 0.5) is 0 Å². The normalized spacial score (nSPS) is 10.7. The predicted octanol–water partition coefficient (Wildman–Crippen LogP) is 4.04.